The minimum atomic E-state index is -4.27. The molecule has 0 aliphatic carbocycles. The van der Waals surface area contributed by atoms with E-state index in [2.05, 4.69) is 0 Å². The quantitative estimate of drug-likeness (QED) is 0.840. The van der Waals surface area contributed by atoms with Crippen LogP contribution in [-0.2, 0) is 9.53 Å². The highest BCUT2D eigenvalue weighted by Gasteiger charge is 2.37. The Hall–Kier alpha value is -1.76. The molecule has 2 aliphatic rings. The fraction of sp³-hybridized carbons (Fsp3) is 0.533. The summed E-state index contributed by atoms with van der Waals surface area (Å²) in [6, 6.07) is 6.76. The molecular formula is C15H17F3N2O2. The maximum absolute atomic E-state index is 12.7. The zero-order chi connectivity index (χ0) is 15.7. The number of hydrogen-bond donors (Lipinski definition) is 0. The highest BCUT2D eigenvalue weighted by atomic mass is 19.4. The van der Waals surface area contributed by atoms with E-state index in [0.717, 1.165) is 0 Å². The summed E-state index contributed by atoms with van der Waals surface area (Å²) < 4.78 is 43.3. The van der Waals surface area contributed by atoms with Gasteiger partial charge in [-0.2, -0.15) is 13.2 Å². The van der Waals surface area contributed by atoms with Crippen LogP contribution in [-0.4, -0.2) is 44.9 Å². The number of benzene rings is 1. The molecule has 1 saturated heterocycles. The molecular weight excluding hydrogens is 297 g/mol. The van der Waals surface area contributed by atoms with Crippen molar-refractivity contribution in [3.63, 3.8) is 0 Å². The third-order valence-electron chi connectivity index (χ3n) is 4.02. The number of anilines is 2. The number of fused-ring (bicyclic) bond motifs is 1. The number of amides is 1. The Morgan fingerprint density at radius 3 is 2.59 bits per heavy atom. The predicted octanol–water partition coefficient (Wildman–Crippen LogP) is 2.44. The minimum absolute atomic E-state index is 0.0587. The minimum Gasteiger partial charge on any atom is -0.381 e. The molecule has 1 aromatic rings. The van der Waals surface area contributed by atoms with Crippen LogP contribution in [0.2, 0.25) is 0 Å². The van der Waals surface area contributed by atoms with E-state index in [9.17, 15) is 18.0 Å². The molecule has 1 amide bonds. The SMILES string of the molecule is O=C([C@@H]1CCOC1)N1CCN(CC(F)(F)F)c2ccccc21. The fourth-order valence-electron chi connectivity index (χ4n) is 2.98. The largest absolute Gasteiger partial charge is 0.405 e. The smallest absolute Gasteiger partial charge is 0.381 e. The van der Waals surface area contributed by atoms with Gasteiger partial charge >= 0.3 is 6.18 Å². The van der Waals surface area contributed by atoms with Gasteiger partial charge in [-0.15, -0.1) is 0 Å². The average Bonchev–Trinajstić information content (AvgIpc) is 3.00. The van der Waals surface area contributed by atoms with Crippen molar-refractivity contribution in [1.82, 2.24) is 0 Å². The van der Waals surface area contributed by atoms with Crippen LogP contribution in [0.3, 0.4) is 0 Å². The molecule has 2 aliphatic heterocycles. The van der Waals surface area contributed by atoms with Crippen molar-refractivity contribution >= 4 is 17.3 Å². The number of hydrogen-bond acceptors (Lipinski definition) is 3. The Morgan fingerprint density at radius 1 is 1.23 bits per heavy atom. The van der Waals surface area contributed by atoms with E-state index >= 15 is 0 Å². The molecule has 0 bridgehead atoms. The number of nitrogens with zero attached hydrogens (tertiary/aromatic N) is 2. The molecule has 0 saturated carbocycles. The zero-order valence-electron chi connectivity index (χ0n) is 12.0. The summed E-state index contributed by atoms with van der Waals surface area (Å²) in [6.45, 7) is 0.396. The third-order valence-corrected chi connectivity index (χ3v) is 4.02. The Labute approximate surface area is 126 Å². The summed E-state index contributed by atoms with van der Waals surface area (Å²) in [7, 11) is 0. The van der Waals surface area contributed by atoms with Crippen LogP contribution in [0, 0.1) is 5.92 Å². The number of rotatable bonds is 2. The molecule has 0 aromatic heterocycles. The summed E-state index contributed by atoms with van der Waals surface area (Å²) in [5.74, 6) is -0.251. The second kappa shape index (κ2) is 5.79. The Bertz CT molecular complexity index is 556. The summed E-state index contributed by atoms with van der Waals surface area (Å²) in [5, 5.41) is 0. The third kappa shape index (κ3) is 3.04. The van der Waals surface area contributed by atoms with E-state index in [4.69, 9.17) is 4.74 Å². The van der Waals surface area contributed by atoms with Gasteiger partial charge in [0.2, 0.25) is 5.91 Å². The fourth-order valence-corrected chi connectivity index (χ4v) is 2.98. The monoisotopic (exact) mass is 314 g/mol. The van der Waals surface area contributed by atoms with E-state index in [1.807, 2.05) is 0 Å². The molecule has 4 nitrogen and oxygen atoms in total. The molecule has 0 N–H and O–H groups in total. The van der Waals surface area contributed by atoms with E-state index in [-0.39, 0.29) is 24.9 Å². The second-order valence-corrected chi connectivity index (χ2v) is 5.58. The summed E-state index contributed by atoms with van der Waals surface area (Å²) >= 11 is 0. The standard InChI is InChI=1S/C15H17F3N2O2/c16-15(17,18)10-19-6-7-20(13-4-2-1-3-12(13)19)14(21)11-5-8-22-9-11/h1-4,11H,5-10H2/t11-/m1/s1. The van der Waals surface area contributed by atoms with E-state index < -0.39 is 12.7 Å². The van der Waals surface area contributed by atoms with Gasteiger partial charge in [-0.3, -0.25) is 4.79 Å². The van der Waals surface area contributed by atoms with Gasteiger partial charge in [0.05, 0.1) is 23.9 Å². The molecule has 1 atom stereocenters. The Morgan fingerprint density at radius 2 is 1.95 bits per heavy atom. The maximum atomic E-state index is 12.7. The molecule has 1 aromatic carbocycles. The lowest BCUT2D eigenvalue weighted by atomic mass is 10.1. The van der Waals surface area contributed by atoms with Crippen LogP contribution < -0.4 is 9.80 Å². The van der Waals surface area contributed by atoms with Gasteiger partial charge in [-0.1, -0.05) is 12.1 Å². The normalized spacial score (nSPS) is 21.9. The summed E-state index contributed by atoms with van der Waals surface area (Å²) in [6.07, 6.45) is -3.59. The van der Waals surface area contributed by atoms with Gasteiger partial charge in [0.1, 0.15) is 6.54 Å². The van der Waals surface area contributed by atoms with Crippen LogP contribution in [0.1, 0.15) is 6.42 Å². The molecule has 7 heteroatoms. The van der Waals surface area contributed by atoms with Gasteiger partial charge < -0.3 is 14.5 Å². The van der Waals surface area contributed by atoms with Gasteiger partial charge in [0.25, 0.3) is 0 Å². The lowest BCUT2D eigenvalue weighted by Crippen LogP contribution is -2.48. The number of ether oxygens (including phenoxy) is 1. The maximum Gasteiger partial charge on any atom is 0.405 e. The number of halogens is 3. The van der Waals surface area contributed by atoms with Gasteiger partial charge in [0, 0.05) is 19.7 Å². The topological polar surface area (TPSA) is 32.8 Å². The number of carbonyl (C=O) groups excluding carboxylic acids is 1. The van der Waals surface area contributed by atoms with Crippen LogP contribution in [0.25, 0.3) is 0 Å². The molecule has 0 radical (unpaired) electrons. The molecule has 22 heavy (non-hydrogen) atoms. The van der Waals surface area contributed by atoms with E-state index in [1.54, 1.807) is 29.2 Å². The Kier molecular flexibility index (Phi) is 3.99. The van der Waals surface area contributed by atoms with Crippen LogP contribution in [0.15, 0.2) is 24.3 Å². The van der Waals surface area contributed by atoms with E-state index in [1.165, 1.54) is 4.90 Å². The summed E-state index contributed by atoms with van der Waals surface area (Å²) in [5.41, 5.74) is 1.01. The van der Waals surface area contributed by atoms with Crippen LogP contribution >= 0.6 is 0 Å². The number of para-hydroxylation sites is 2. The first kappa shape index (κ1) is 15.1. The Balaban J connectivity index is 1.85. The highest BCUT2D eigenvalue weighted by Crippen LogP contribution is 2.35. The van der Waals surface area contributed by atoms with Crippen molar-refractivity contribution in [2.75, 3.05) is 42.6 Å². The zero-order valence-corrected chi connectivity index (χ0v) is 12.0. The average molecular weight is 314 g/mol. The first-order valence-corrected chi connectivity index (χ1v) is 7.25. The molecule has 0 spiro atoms. The van der Waals surface area contributed by atoms with Crippen molar-refractivity contribution in [1.29, 1.82) is 0 Å². The number of alkyl halides is 3. The van der Waals surface area contributed by atoms with Crippen molar-refractivity contribution in [2.24, 2.45) is 5.92 Å². The first-order chi connectivity index (χ1) is 10.5. The predicted molar refractivity (Wildman–Crippen MR) is 76.0 cm³/mol. The molecule has 1 fully saturated rings. The van der Waals surface area contributed by atoms with Gasteiger partial charge in [-0.25, -0.2) is 0 Å². The van der Waals surface area contributed by atoms with Crippen molar-refractivity contribution < 1.29 is 22.7 Å². The number of carbonyl (C=O) groups is 1. The first-order valence-electron chi connectivity index (χ1n) is 7.25. The molecule has 0 unspecified atom stereocenters. The van der Waals surface area contributed by atoms with E-state index in [0.29, 0.717) is 31.0 Å². The van der Waals surface area contributed by atoms with Crippen molar-refractivity contribution in [3.8, 4) is 0 Å². The van der Waals surface area contributed by atoms with Gasteiger partial charge in [0.15, 0.2) is 0 Å². The summed E-state index contributed by atoms with van der Waals surface area (Å²) in [4.78, 5) is 15.4. The highest BCUT2D eigenvalue weighted by molar-refractivity contribution is 5.99. The molecule has 120 valence electrons. The molecule has 3 rings (SSSR count). The van der Waals surface area contributed by atoms with Crippen molar-refractivity contribution in [3.05, 3.63) is 24.3 Å². The van der Waals surface area contributed by atoms with Crippen LogP contribution in [0.4, 0.5) is 24.5 Å². The molecule has 2 heterocycles. The lowest BCUT2D eigenvalue weighted by molar-refractivity contribution is -0.122. The lowest BCUT2D eigenvalue weighted by Gasteiger charge is -2.38. The van der Waals surface area contributed by atoms with Crippen molar-refractivity contribution in [2.45, 2.75) is 12.6 Å². The second-order valence-electron chi connectivity index (χ2n) is 5.58. The van der Waals surface area contributed by atoms with Crippen LogP contribution in [0.5, 0.6) is 0 Å². The van der Waals surface area contributed by atoms with Gasteiger partial charge in [-0.05, 0) is 18.6 Å².